The van der Waals surface area contributed by atoms with Gasteiger partial charge < -0.3 is 5.32 Å². The zero-order valence-corrected chi connectivity index (χ0v) is 11.0. The molecule has 0 spiro atoms. The Morgan fingerprint density at radius 2 is 2.19 bits per heavy atom. The van der Waals surface area contributed by atoms with Gasteiger partial charge >= 0.3 is 0 Å². The van der Waals surface area contributed by atoms with Crippen LogP contribution in [0.25, 0.3) is 0 Å². The predicted octanol–water partition coefficient (Wildman–Crippen LogP) is 2.43. The highest BCUT2D eigenvalue weighted by Crippen LogP contribution is 2.32. The fraction of sp³-hybridized carbons (Fsp3) is 0.750. The summed E-state index contributed by atoms with van der Waals surface area (Å²) in [5.41, 5.74) is 0. The fourth-order valence-corrected chi connectivity index (χ4v) is 3.77. The average Bonchev–Trinajstić information content (AvgIpc) is 2.56. The van der Waals surface area contributed by atoms with Crippen molar-refractivity contribution in [3.63, 3.8) is 0 Å². The molecule has 1 aliphatic rings. The molecular formula is C12H21N3S. The summed E-state index contributed by atoms with van der Waals surface area (Å²) in [4.78, 5) is 1.30. The van der Waals surface area contributed by atoms with Crippen LogP contribution in [0.3, 0.4) is 0 Å². The highest BCUT2D eigenvalue weighted by atomic mass is 32.2. The SMILES string of the molecule is CNC1CCCCCC1Sc1cnn(C)c1. The maximum atomic E-state index is 4.23. The molecule has 90 valence electrons. The van der Waals surface area contributed by atoms with Crippen molar-refractivity contribution in [2.24, 2.45) is 7.05 Å². The molecule has 3 nitrogen and oxygen atoms in total. The first-order valence-electron chi connectivity index (χ1n) is 6.12. The van der Waals surface area contributed by atoms with Crippen molar-refractivity contribution in [1.82, 2.24) is 15.1 Å². The Hall–Kier alpha value is -0.480. The molecule has 1 aromatic rings. The largest absolute Gasteiger partial charge is 0.316 e. The van der Waals surface area contributed by atoms with Crippen LogP contribution in [0.2, 0.25) is 0 Å². The molecular weight excluding hydrogens is 218 g/mol. The standard InChI is InChI=1S/C12H21N3S/c1-13-11-6-4-3-5-7-12(11)16-10-8-14-15(2)9-10/h8-9,11-13H,3-7H2,1-2H3. The smallest absolute Gasteiger partial charge is 0.0625 e. The summed E-state index contributed by atoms with van der Waals surface area (Å²) in [6.45, 7) is 0. The Morgan fingerprint density at radius 1 is 1.38 bits per heavy atom. The molecule has 16 heavy (non-hydrogen) atoms. The first-order valence-corrected chi connectivity index (χ1v) is 7.00. The summed E-state index contributed by atoms with van der Waals surface area (Å²) in [7, 11) is 4.07. The molecule has 2 rings (SSSR count). The van der Waals surface area contributed by atoms with Crippen LogP contribution in [0, 0.1) is 0 Å². The molecule has 0 radical (unpaired) electrons. The minimum atomic E-state index is 0.660. The van der Waals surface area contributed by atoms with Crippen molar-refractivity contribution in [2.45, 2.75) is 48.3 Å². The van der Waals surface area contributed by atoms with Gasteiger partial charge in [0, 0.05) is 29.4 Å². The average molecular weight is 239 g/mol. The molecule has 1 saturated carbocycles. The minimum Gasteiger partial charge on any atom is -0.316 e. The Balaban J connectivity index is 1.99. The minimum absolute atomic E-state index is 0.660. The van der Waals surface area contributed by atoms with E-state index in [1.165, 1.54) is 37.0 Å². The number of hydrogen-bond acceptors (Lipinski definition) is 3. The number of thioether (sulfide) groups is 1. The van der Waals surface area contributed by atoms with Crippen molar-refractivity contribution in [1.29, 1.82) is 0 Å². The molecule has 1 fully saturated rings. The van der Waals surface area contributed by atoms with Gasteiger partial charge in [0.15, 0.2) is 0 Å². The Bertz CT molecular complexity index is 324. The van der Waals surface area contributed by atoms with E-state index in [1.54, 1.807) is 0 Å². The van der Waals surface area contributed by atoms with Gasteiger partial charge in [0.2, 0.25) is 0 Å². The quantitative estimate of drug-likeness (QED) is 0.822. The van der Waals surface area contributed by atoms with E-state index in [9.17, 15) is 0 Å². The summed E-state index contributed by atoms with van der Waals surface area (Å²) in [5, 5.41) is 8.41. The Kier molecular flexibility index (Phi) is 4.29. The van der Waals surface area contributed by atoms with Gasteiger partial charge in [0.25, 0.3) is 0 Å². The number of hydrogen-bond donors (Lipinski definition) is 1. The molecule has 0 saturated heterocycles. The molecule has 1 N–H and O–H groups in total. The molecule has 1 aliphatic carbocycles. The lowest BCUT2D eigenvalue weighted by molar-refractivity contribution is 0.510. The Labute approximate surface area is 102 Å². The molecule has 2 atom stereocenters. The van der Waals surface area contributed by atoms with Crippen LogP contribution in [-0.4, -0.2) is 28.1 Å². The van der Waals surface area contributed by atoms with Gasteiger partial charge in [-0.1, -0.05) is 19.3 Å². The van der Waals surface area contributed by atoms with Gasteiger partial charge in [-0.2, -0.15) is 5.10 Å². The first-order chi connectivity index (χ1) is 7.79. The van der Waals surface area contributed by atoms with Gasteiger partial charge in [0.05, 0.1) is 6.20 Å². The third-order valence-corrected chi connectivity index (χ3v) is 4.64. The first kappa shape index (κ1) is 12.0. The second kappa shape index (κ2) is 5.73. The number of aromatic nitrogens is 2. The van der Waals surface area contributed by atoms with Gasteiger partial charge in [0.1, 0.15) is 0 Å². The molecule has 0 bridgehead atoms. The monoisotopic (exact) mass is 239 g/mol. The van der Waals surface area contributed by atoms with Crippen molar-refractivity contribution in [3.8, 4) is 0 Å². The number of rotatable bonds is 3. The molecule has 1 aromatic heterocycles. The van der Waals surface area contributed by atoms with Gasteiger partial charge in [-0.3, -0.25) is 4.68 Å². The number of nitrogens with zero attached hydrogens (tertiary/aromatic N) is 2. The second-order valence-corrected chi connectivity index (χ2v) is 5.85. The topological polar surface area (TPSA) is 29.9 Å². The van der Waals surface area contributed by atoms with E-state index in [0.29, 0.717) is 11.3 Å². The van der Waals surface area contributed by atoms with E-state index >= 15 is 0 Å². The van der Waals surface area contributed by atoms with Gasteiger partial charge in [-0.05, 0) is 19.9 Å². The fourth-order valence-electron chi connectivity index (χ4n) is 2.38. The van der Waals surface area contributed by atoms with E-state index in [1.807, 2.05) is 29.7 Å². The van der Waals surface area contributed by atoms with Crippen molar-refractivity contribution >= 4 is 11.8 Å². The molecule has 4 heteroatoms. The van der Waals surface area contributed by atoms with Crippen LogP contribution in [0.15, 0.2) is 17.3 Å². The predicted molar refractivity (Wildman–Crippen MR) is 68.8 cm³/mol. The molecule has 1 heterocycles. The summed E-state index contributed by atoms with van der Waals surface area (Å²) in [6.07, 6.45) is 10.9. The normalized spacial score (nSPS) is 26.6. The molecule has 0 aliphatic heterocycles. The third-order valence-electron chi connectivity index (χ3n) is 3.29. The van der Waals surface area contributed by atoms with E-state index in [-0.39, 0.29) is 0 Å². The van der Waals surface area contributed by atoms with Crippen LogP contribution < -0.4 is 5.32 Å². The maximum absolute atomic E-state index is 4.23. The third kappa shape index (κ3) is 3.01. The second-order valence-electron chi connectivity index (χ2n) is 4.54. The molecule has 0 aromatic carbocycles. The zero-order valence-electron chi connectivity index (χ0n) is 10.1. The van der Waals surface area contributed by atoms with Crippen LogP contribution in [0.5, 0.6) is 0 Å². The number of aryl methyl sites for hydroxylation is 1. The van der Waals surface area contributed by atoms with Crippen molar-refractivity contribution < 1.29 is 0 Å². The lowest BCUT2D eigenvalue weighted by atomic mass is 10.1. The van der Waals surface area contributed by atoms with Crippen LogP contribution >= 0.6 is 11.8 Å². The van der Waals surface area contributed by atoms with Crippen LogP contribution in [0.4, 0.5) is 0 Å². The highest BCUT2D eigenvalue weighted by molar-refractivity contribution is 8.00. The van der Waals surface area contributed by atoms with Crippen LogP contribution in [-0.2, 0) is 7.05 Å². The number of nitrogens with one attached hydrogen (secondary N) is 1. The Morgan fingerprint density at radius 3 is 2.88 bits per heavy atom. The molecule has 0 amide bonds. The van der Waals surface area contributed by atoms with E-state index in [4.69, 9.17) is 0 Å². The molecule has 2 unspecified atom stereocenters. The van der Waals surface area contributed by atoms with E-state index in [0.717, 1.165) is 0 Å². The highest BCUT2D eigenvalue weighted by Gasteiger charge is 2.23. The maximum Gasteiger partial charge on any atom is 0.0625 e. The zero-order chi connectivity index (χ0) is 11.4. The van der Waals surface area contributed by atoms with E-state index < -0.39 is 0 Å². The van der Waals surface area contributed by atoms with Crippen molar-refractivity contribution in [3.05, 3.63) is 12.4 Å². The summed E-state index contributed by atoms with van der Waals surface area (Å²) in [6, 6.07) is 0.660. The summed E-state index contributed by atoms with van der Waals surface area (Å²) in [5.74, 6) is 0. The van der Waals surface area contributed by atoms with Gasteiger partial charge in [-0.15, -0.1) is 11.8 Å². The van der Waals surface area contributed by atoms with E-state index in [2.05, 4.69) is 23.7 Å². The summed E-state index contributed by atoms with van der Waals surface area (Å²) >= 11 is 1.99. The van der Waals surface area contributed by atoms with Crippen LogP contribution in [0.1, 0.15) is 32.1 Å². The van der Waals surface area contributed by atoms with Crippen molar-refractivity contribution in [2.75, 3.05) is 7.05 Å². The lowest BCUT2D eigenvalue weighted by Crippen LogP contribution is -2.34. The van der Waals surface area contributed by atoms with Gasteiger partial charge in [-0.25, -0.2) is 0 Å². The lowest BCUT2D eigenvalue weighted by Gasteiger charge is -2.23. The summed E-state index contributed by atoms with van der Waals surface area (Å²) < 4.78 is 1.88.